The summed E-state index contributed by atoms with van der Waals surface area (Å²) in [7, 11) is 0. The van der Waals surface area contributed by atoms with E-state index in [1.165, 1.54) is 0 Å². The van der Waals surface area contributed by atoms with E-state index in [1.54, 1.807) is 4.90 Å². The number of β-amino-alcohol motifs (C(OH)–C–C–N with tert-alkyl or cyclic N) is 2. The van der Waals surface area contributed by atoms with Crippen molar-refractivity contribution < 1.29 is 20.1 Å². The van der Waals surface area contributed by atoms with Gasteiger partial charge in [0.05, 0.1) is 6.54 Å². The summed E-state index contributed by atoms with van der Waals surface area (Å²) >= 11 is 0. The van der Waals surface area contributed by atoms with Crippen molar-refractivity contribution in [3.05, 3.63) is 35.9 Å². The van der Waals surface area contributed by atoms with Gasteiger partial charge in [0, 0.05) is 26.1 Å². The Balaban J connectivity index is 1.50. The van der Waals surface area contributed by atoms with Crippen molar-refractivity contribution in [2.45, 2.75) is 37.4 Å². The number of aliphatic hydroxyl groups excluding tert-OH is 2. The number of hydrogen-bond donors (Lipinski definition) is 3. The maximum Gasteiger partial charge on any atom is 0.223 e. The number of aliphatic hydroxyl groups is 3. The number of aryl methyl sites for hydroxylation is 1. The van der Waals surface area contributed by atoms with E-state index >= 15 is 0 Å². The maximum absolute atomic E-state index is 12.5. The first-order valence-corrected chi connectivity index (χ1v) is 9.55. The fourth-order valence-corrected chi connectivity index (χ4v) is 3.99. The second-order valence-electron chi connectivity index (χ2n) is 7.78. The van der Waals surface area contributed by atoms with Crippen LogP contribution in [0.25, 0.3) is 0 Å². The molecule has 0 bridgehead atoms. The van der Waals surface area contributed by atoms with E-state index in [0.717, 1.165) is 31.5 Å². The maximum atomic E-state index is 12.5. The van der Waals surface area contributed by atoms with Crippen LogP contribution in [0, 0.1) is 5.92 Å². The molecule has 1 amide bonds. The van der Waals surface area contributed by atoms with Crippen LogP contribution in [0.4, 0.5) is 0 Å². The summed E-state index contributed by atoms with van der Waals surface area (Å²) in [5, 5.41) is 30.5. The summed E-state index contributed by atoms with van der Waals surface area (Å²) in [6.45, 7) is 2.57. The lowest BCUT2D eigenvalue weighted by Gasteiger charge is -2.37. The molecule has 0 radical (unpaired) electrons. The molecule has 1 aromatic rings. The quantitative estimate of drug-likeness (QED) is 0.676. The van der Waals surface area contributed by atoms with Gasteiger partial charge in [-0.25, -0.2) is 0 Å². The molecule has 0 aromatic heterocycles. The monoisotopic (exact) mass is 362 g/mol. The van der Waals surface area contributed by atoms with Gasteiger partial charge in [0.2, 0.25) is 5.91 Å². The van der Waals surface area contributed by atoms with Crippen LogP contribution in [0.2, 0.25) is 0 Å². The van der Waals surface area contributed by atoms with Crippen molar-refractivity contribution in [2.75, 3.05) is 39.3 Å². The lowest BCUT2D eigenvalue weighted by atomic mass is 9.94. The molecule has 2 saturated heterocycles. The minimum atomic E-state index is -1.27. The van der Waals surface area contributed by atoms with Gasteiger partial charge >= 0.3 is 0 Å². The Morgan fingerprint density at radius 1 is 1.19 bits per heavy atom. The van der Waals surface area contributed by atoms with Crippen molar-refractivity contribution in [3.63, 3.8) is 0 Å². The van der Waals surface area contributed by atoms with Crippen molar-refractivity contribution in [1.82, 2.24) is 9.80 Å². The second-order valence-corrected chi connectivity index (χ2v) is 7.78. The van der Waals surface area contributed by atoms with E-state index in [1.807, 2.05) is 30.3 Å². The Kier molecular flexibility index (Phi) is 6.29. The molecule has 144 valence electrons. The number of hydrogen-bond acceptors (Lipinski definition) is 5. The number of likely N-dealkylation sites (tertiary alicyclic amines) is 2. The van der Waals surface area contributed by atoms with Crippen LogP contribution in [-0.4, -0.2) is 82.1 Å². The summed E-state index contributed by atoms with van der Waals surface area (Å²) in [5.74, 6) is 0.313. The first-order chi connectivity index (χ1) is 12.5. The lowest BCUT2D eigenvalue weighted by Crippen LogP contribution is -2.53. The van der Waals surface area contributed by atoms with Gasteiger partial charge in [-0.2, -0.15) is 0 Å². The molecule has 2 aliphatic heterocycles. The highest BCUT2D eigenvalue weighted by atomic mass is 16.3. The molecule has 2 heterocycles. The molecule has 6 heteroatoms. The highest BCUT2D eigenvalue weighted by Crippen LogP contribution is 2.26. The van der Waals surface area contributed by atoms with E-state index in [-0.39, 0.29) is 25.6 Å². The van der Waals surface area contributed by atoms with Crippen LogP contribution in [0.3, 0.4) is 0 Å². The smallest absolute Gasteiger partial charge is 0.223 e. The summed E-state index contributed by atoms with van der Waals surface area (Å²) < 4.78 is 0. The molecule has 0 spiro atoms. The van der Waals surface area contributed by atoms with Crippen molar-refractivity contribution >= 4 is 5.91 Å². The molecule has 0 saturated carbocycles. The highest BCUT2D eigenvalue weighted by Gasteiger charge is 2.47. The molecule has 6 nitrogen and oxygen atoms in total. The van der Waals surface area contributed by atoms with Gasteiger partial charge in [0.1, 0.15) is 11.7 Å². The topological polar surface area (TPSA) is 84.2 Å². The Labute approximate surface area is 155 Å². The molecule has 3 N–H and O–H groups in total. The molecular weight excluding hydrogens is 332 g/mol. The number of piperidine rings is 1. The first kappa shape index (κ1) is 19.3. The number of nitrogens with zero attached hydrogens (tertiary/aromatic N) is 2. The van der Waals surface area contributed by atoms with E-state index in [4.69, 9.17) is 0 Å². The molecule has 2 aliphatic rings. The zero-order valence-electron chi connectivity index (χ0n) is 15.3. The van der Waals surface area contributed by atoms with Crippen LogP contribution in [-0.2, 0) is 11.2 Å². The van der Waals surface area contributed by atoms with E-state index in [0.29, 0.717) is 25.3 Å². The normalized spacial score (nSPS) is 27.8. The number of benzene rings is 1. The highest BCUT2D eigenvalue weighted by molar-refractivity contribution is 5.77. The average Bonchev–Trinajstić information content (AvgIpc) is 2.96. The number of rotatable bonds is 6. The minimum absolute atomic E-state index is 0.0252. The van der Waals surface area contributed by atoms with Crippen LogP contribution in [0.15, 0.2) is 30.3 Å². The van der Waals surface area contributed by atoms with Gasteiger partial charge in [-0.1, -0.05) is 30.3 Å². The predicted octanol–water partition coefficient (Wildman–Crippen LogP) is 0.258. The van der Waals surface area contributed by atoms with E-state index in [9.17, 15) is 20.1 Å². The molecule has 3 rings (SSSR count). The molecule has 0 unspecified atom stereocenters. The Morgan fingerprint density at radius 2 is 1.88 bits per heavy atom. The largest absolute Gasteiger partial charge is 0.396 e. The van der Waals surface area contributed by atoms with Crippen molar-refractivity contribution in [2.24, 2.45) is 5.92 Å². The van der Waals surface area contributed by atoms with Gasteiger partial charge in [0.25, 0.3) is 0 Å². The number of carbonyl (C=O) groups is 1. The van der Waals surface area contributed by atoms with Gasteiger partial charge in [-0.3, -0.25) is 4.79 Å². The van der Waals surface area contributed by atoms with Crippen LogP contribution in [0.5, 0.6) is 0 Å². The molecule has 26 heavy (non-hydrogen) atoms. The fraction of sp³-hybridized carbons (Fsp3) is 0.650. The molecule has 2 atom stereocenters. The van der Waals surface area contributed by atoms with Crippen LogP contribution < -0.4 is 0 Å². The lowest BCUT2D eigenvalue weighted by molar-refractivity contribution is -0.131. The third-order valence-corrected chi connectivity index (χ3v) is 5.76. The van der Waals surface area contributed by atoms with E-state index < -0.39 is 11.7 Å². The third kappa shape index (κ3) is 4.62. The molecule has 1 aromatic carbocycles. The fourth-order valence-electron chi connectivity index (χ4n) is 3.99. The number of amides is 1. The molecule has 0 aliphatic carbocycles. The summed E-state index contributed by atoms with van der Waals surface area (Å²) in [6, 6.07) is 9.86. The van der Waals surface area contributed by atoms with Crippen molar-refractivity contribution in [3.8, 4) is 0 Å². The Morgan fingerprint density at radius 3 is 2.54 bits per heavy atom. The second kappa shape index (κ2) is 8.48. The summed E-state index contributed by atoms with van der Waals surface area (Å²) in [6.07, 6.45) is 1.94. The zero-order valence-corrected chi connectivity index (χ0v) is 15.3. The van der Waals surface area contributed by atoms with E-state index in [2.05, 4.69) is 4.90 Å². The van der Waals surface area contributed by atoms with Crippen LogP contribution >= 0.6 is 0 Å². The molecule has 2 fully saturated rings. The minimum Gasteiger partial charge on any atom is -0.396 e. The molecular formula is C20H30N2O4. The average molecular weight is 362 g/mol. The standard InChI is InChI=1S/C20H30N2O4/c23-13-17-8-10-21(11-9-17)14-20(26)15-22(12-18(20)24)19(25)7-6-16-4-2-1-3-5-16/h1-5,17-18,23-24,26H,6-15H2/t18-,20+/m1/s1. The van der Waals surface area contributed by atoms with Gasteiger partial charge in [-0.05, 0) is 43.8 Å². The zero-order chi connectivity index (χ0) is 18.6. The van der Waals surface area contributed by atoms with Crippen molar-refractivity contribution in [1.29, 1.82) is 0 Å². The van der Waals surface area contributed by atoms with Gasteiger partial charge in [-0.15, -0.1) is 0 Å². The first-order valence-electron chi connectivity index (χ1n) is 9.55. The SMILES string of the molecule is O=C(CCc1ccccc1)N1C[C@@H](O)[C@](O)(CN2CCC(CO)CC2)C1. The Hall–Kier alpha value is -1.47. The van der Waals surface area contributed by atoms with Gasteiger partial charge < -0.3 is 25.1 Å². The summed E-state index contributed by atoms with van der Waals surface area (Å²) in [4.78, 5) is 16.2. The summed E-state index contributed by atoms with van der Waals surface area (Å²) in [5.41, 5.74) is -0.156. The van der Waals surface area contributed by atoms with Gasteiger partial charge in [0.15, 0.2) is 0 Å². The Bertz CT molecular complexity index is 589. The number of carbonyl (C=O) groups excluding carboxylic acids is 1. The predicted molar refractivity (Wildman–Crippen MR) is 98.5 cm³/mol. The van der Waals surface area contributed by atoms with Crippen LogP contribution in [0.1, 0.15) is 24.8 Å². The third-order valence-electron chi connectivity index (χ3n) is 5.76.